The lowest BCUT2D eigenvalue weighted by Crippen LogP contribution is -2.59. The van der Waals surface area contributed by atoms with Crippen LogP contribution < -0.4 is 21.7 Å². The van der Waals surface area contributed by atoms with Gasteiger partial charge in [0.25, 0.3) is 0 Å². The number of thioether (sulfide) groups is 1. The molecule has 0 bridgehead atoms. The zero-order valence-corrected chi connectivity index (χ0v) is 18.6. The van der Waals surface area contributed by atoms with Crippen molar-refractivity contribution >= 4 is 41.4 Å². The Labute approximate surface area is 184 Å². The van der Waals surface area contributed by atoms with E-state index in [-0.39, 0.29) is 0 Å². The smallest absolute Gasteiger partial charge is 0.328 e. The molecular weight excluding hydrogens is 432 g/mol. The number of aliphatic carboxylic acids is 2. The lowest BCUT2D eigenvalue weighted by atomic mass is 9.97. The summed E-state index contributed by atoms with van der Waals surface area (Å²) in [7, 11) is 0. The van der Waals surface area contributed by atoms with Crippen LogP contribution in [0.2, 0.25) is 0 Å². The van der Waals surface area contributed by atoms with Crippen molar-refractivity contribution in [2.45, 2.75) is 57.3 Å². The van der Waals surface area contributed by atoms with Crippen LogP contribution in [-0.2, 0) is 24.0 Å². The first kappa shape index (κ1) is 28.6. The van der Waals surface area contributed by atoms with Crippen LogP contribution in [0, 0.1) is 5.92 Å². The first-order valence-corrected chi connectivity index (χ1v) is 11.1. The summed E-state index contributed by atoms with van der Waals surface area (Å²) < 4.78 is 0. The molecule has 0 aromatic heterocycles. The molecule has 13 heteroatoms. The number of hydrogen-bond donors (Lipinski definition) is 7. The molecule has 3 amide bonds. The number of carbonyl (C=O) groups is 5. The Kier molecular flexibility index (Phi) is 13.5. The number of hydrogen-bond acceptors (Lipinski definition) is 8. The number of amides is 3. The van der Waals surface area contributed by atoms with Crippen LogP contribution in [0.5, 0.6) is 0 Å². The summed E-state index contributed by atoms with van der Waals surface area (Å²) in [5, 5.41) is 34.0. The van der Waals surface area contributed by atoms with Gasteiger partial charge in [0.2, 0.25) is 17.7 Å². The van der Waals surface area contributed by atoms with Crippen LogP contribution in [0.3, 0.4) is 0 Å². The average molecular weight is 465 g/mol. The van der Waals surface area contributed by atoms with Crippen LogP contribution in [0.15, 0.2) is 0 Å². The molecule has 178 valence electrons. The third kappa shape index (κ3) is 10.5. The van der Waals surface area contributed by atoms with Gasteiger partial charge < -0.3 is 37.0 Å². The second-order valence-electron chi connectivity index (χ2n) is 7.00. The lowest BCUT2D eigenvalue weighted by molar-refractivity contribution is -0.144. The number of aliphatic hydroxyl groups is 1. The molecule has 0 aliphatic carbocycles. The van der Waals surface area contributed by atoms with E-state index in [1.165, 1.54) is 11.8 Å². The van der Waals surface area contributed by atoms with Gasteiger partial charge in [-0.25, -0.2) is 4.79 Å². The van der Waals surface area contributed by atoms with Gasteiger partial charge in [0, 0.05) is 0 Å². The van der Waals surface area contributed by atoms with E-state index in [0.29, 0.717) is 18.6 Å². The lowest BCUT2D eigenvalue weighted by Gasteiger charge is -2.27. The van der Waals surface area contributed by atoms with E-state index < -0.39 is 72.8 Å². The molecule has 31 heavy (non-hydrogen) atoms. The van der Waals surface area contributed by atoms with Crippen molar-refractivity contribution in [3.05, 3.63) is 0 Å². The van der Waals surface area contributed by atoms with Crippen molar-refractivity contribution in [3.63, 3.8) is 0 Å². The van der Waals surface area contributed by atoms with Gasteiger partial charge >= 0.3 is 11.9 Å². The molecule has 0 aromatic rings. The highest BCUT2D eigenvalue weighted by Crippen LogP contribution is 2.10. The Morgan fingerprint density at radius 1 is 0.968 bits per heavy atom. The standard InChI is InChI=1S/C18H32N4O8S/c1-4-9(2)14(17(28)21-12(8-23)18(29)30)22-16(27)11(7-13(24)25)20-15(26)10(19)5-6-31-3/h9-12,14,23H,4-8,19H2,1-3H3,(H,20,26)(H,21,28)(H,22,27)(H,24,25)(H,29,30). The third-order valence-electron chi connectivity index (χ3n) is 4.57. The van der Waals surface area contributed by atoms with Gasteiger partial charge in [0.1, 0.15) is 18.1 Å². The summed E-state index contributed by atoms with van der Waals surface area (Å²) in [6.07, 6.45) is 1.84. The molecule has 0 aliphatic rings. The first-order valence-electron chi connectivity index (χ1n) is 9.69. The normalized spacial score (nSPS) is 15.6. The molecule has 0 aliphatic heterocycles. The predicted octanol–water partition coefficient (Wildman–Crippen LogP) is -1.88. The van der Waals surface area contributed by atoms with Crippen LogP contribution in [-0.4, -0.2) is 87.8 Å². The number of nitrogens with one attached hydrogen (secondary N) is 3. The summed E-state index contributed by atoms with van der Waals surface area (Å²) in [5.41, 5.74) is 5.75. The number of aliphatic hydroxyl groups excluding tert-OH is 1. The zero-order chi connectivity index (χ0) is 24.1. The number of rotatable bonds is 15. The zero-order valence-electron chi connectivity index (χ0n) is 17.8. The molecule has 8 N–H and O–H groups in total. The van der Waals surface area contributed by atoms with Crippen molar-refractivity contribution in [2.75, 3.05) is 18.6 Å². The fourth-order valence-corrected chi connectivity index (χ4v) is 2.93. The van der Waals surface area contributed by atoms with Crippen molar-refractivity contribution in [2.24, 2.45) is 11.7 Å². The van der Waals surface area contributed by atoms with Crippen LogP contribution in [0.1, 0.15) is 33.1 Å². The number of carbonyl (C=O) groups excluding carboxylic acids is 3. The van der Waals surface area contributed by atoms with E-state index in [4.69, 9.17) is 21.1 Å². The highest BCUT2D eigenvalue weighted by Gasteiger charge is 2.33. The predicted molar refractivity (Wildman–Crippen MR) is 113 cm³/mol. The molecule has 0 saturated heterocycles. The molecule has 0 spiro atoms. The van der Waals surface area contributed by atoms with Crippen molar-refractivity contribution in [1.29, 1.82) is 0 Å². The van der Waals surface area contributed by atoms with E-state index in [2.05, 4.69) is 16.0 Å². The second-order valence-corrected chi connectivity index (χ2v) is 7.99. The molecule has 0 radical (unpaired) electrons. The Balaban J connectivity index is 5.44. The van der Waals surface area contributed by atoms with Gasteiger partial charge in [-0.1, -0.05) is 20.3 Å². The van der Waals surface area contributed by atoms with Gasteiger partial charge in [-0.15, -0.1) is 0 Å². The van der Waals surface area contributed by atoms with Crippen molar-refractivity contribution in [3.8, 4) is 0 Å². The SMILES string of the molecule is CCC(C)C(NC(=O)C(CC(=O)O)NC(=O)C(N)CCSC)C(=O)NC(CO)C(=O)O. The van der Waals surface area contributed by atoms with E-state index >= 15 is 0 Å². The Morgan fingerprint density at radius 3 is 2.00 bits per heavy atom. The molecule has 0 fully saturated rings. The van der Waals surface area contributed by atoms with E-state index in [1.807, 2.05) is 6.26 Å². The average Bonchev–Trinajstić information content (AvgIpc) is 2.71. The summed E-state index contributed by atoms with van der Waals surface area (Å²) in [4.78, 5) is 59.7. The highest BCUT2D eigenvalue weighted by molar-refractivity contribution is 7.98. The topological polar surface area (TPSA) is 208 Å². The highest BCUT2D eigenvalue weighted by atomic mass is 32.2. The monoisotopic (exact) mass is 464 g/mol. The van der Waals surface area contributed by atoms with Crippen LogP contribution >= 0.6 is 11.8 Å². The van der Waals surface area contributed by atoms with E-state index in [0.717, 1.165) is 0 Å². The van der Waals surface area contributed by atoms with E-state index in [1.54, 1.807) is 13.8 Å². The summed E-state index contributed by atoms with van der Waals surface area (Å²) in [6.45, 7) is 2.51. The van der Waals surface area contributed by atoms with Gasteiger partial charge in [0.15, 0.2) is 0 Å². The Hall–Kier alpha value is -2.38. The molecule has 5 atom stereocenters. The summed E-state index contributed by atoms with van der Waals surface area (Å²) in [6, 6.07) is -5.21. The fourth-order valence-electron chi connectivity index (χ4n) is 2.44. The molecule has 0 aromatic carbocycles. The fraction of sp³-hybridized carbons (Fsp3) is 0.722. The maximum absolute atomic E-state index is 12.7. The summed E-state index contributed by atoms with van der Waals surface area (Å²) >= 11 is 1.47. The van der Waals surface area contributed by atoms with Crippen molar-refractivity contribution < 1.29 is 39.3 Å². The minimum Gasteiger partial charge on any atom is -0.481 e. The summed E-state index contributed by atoms with van der Waals surface area (Å²) in [5.74, 6) is -5.16. The number of carboxylic acid groups (broad SMARTS) is 2. The second kappa shape index (κ2) is 14.6. The van der Waals surface area contributed by atoms with Crippen LogP contribution in [0.25, 0.3) is 0 Å². The van der Waals surface area contributed by atoms with Gasteiger partial charge in [-0.05, 0) is 24.3 Å². The maximum Gasteiger partial charge on any atom is 0.328 e. The van der Waals surface area contributed by atoms with Crippen molar-refractivity contribution in [1.82, 2.24) is 16.0 Å². The molecule has 0 rings (SSSR count). The molecular formula is C18H32N4O8S. The molecule has 0 saturated carbocycles. The Morgan fingerprint density at radius 2 is 1.55 bits per heavy atom. The Bertz CT molecular complexity index is 648. The minimum atomic E-state index is -1.57. The molecule has 5 unspecified atom stereocenters. The molecule has 12 nitrogen and oxygen atoms in total. The molecule has 0 heterocycles. The van der Waals surface area contributed by atoms with Gasteiger partial charge in [0.05, 0.1) is 19.1 Å². The first-order chi connectivity index (χ1) is 14.5. The van der Waals surface area contributed by atoms with E-state index in [9.17, 15) is 24.0 Å². The van der Waals surface area contributed by atoms with Gasteiger partial charge in [-0.2, -0.15) is 11.8 Å². The van der Waals surface area contributed by atoms with Gasteiger partial charge in [-0.3, -0.25) is 19.2 Å². The third-order valence-corrected chi connectivity index (χ3v) is 5.22. The minimum absolute atomic E-state index is 0.323. The quantitative estimate of drug-likeness (QED) is 0.143. The number of carboxylic acids is 2. The largest absolute Gasteiger partial charge is 0.481 e. The van der Waals surface area contributed by atoms with Crippen LogP contribution in [0.4, 0.5) is 0 Å². The maximum atomic E-state index is 12.7. The number of nitrogens with two attached hydrogens (primary N) is 1.